The summed E-state index contributed by atoms with van der Waals surface area (Å²) in [6.07, 6.45) is 0. The monoisotopic (exact) mass is 363 g/mol. The van der Waals surface area contributed by atoms with Crippen molar-refractivity contribution >= 4 is 5.91 Å². The summed E-state index contributed by atoms with van der Waals surface area (Å²) >= 11 is 0. The summed E-state index contributed by atoms with van der Waals surface area (Å²) in [7, 11) is 1.57. The van der Waals surface area contributed by atoms with Gasteiger partial charge >= 0.3 is 0 Å². The first-order valence-corrected chi connectivity index (χ1v) is 8.58. The third-order valence-electron chi connectivity index (χ3n) is 4.06. The SMILES string of the molecule is COc1cccc([C@@H](CO)NC(=O)c2cccc(Oc3ccccc3)c2)c1. The number of carbonyl (C=O) groups excluding carboxylic acids is 1. The quantitative estimate of drug-likeness (QED) is 0.667. The maximum Gasteiger partial charge on any atom is 0.251 e. The van der Waals surface area contributed by atoms with Crippen LogP contribution in [0.3, 0.4) is 0 Å². The van der Waals surface area contributed by atoms with Crippen LogP contribution in [-0.2, 0) is 0 Å². The predicted molar refractivity (Wildman–Crippen MR) is 103 cm³/mol. The van der Waals surface area contributed by atoms with Gasteiger partial charge in [-0.25, -0.2) is 0 Å². The largest absolute Gasteiger partial charge is 0.497 e. The zero-order valence-corrected chi connectivity index (χ0v) is 15.0. The fraction of sp³-hybridized carbons (Fsp3) is 0.136. The highest BCUT2D eigenvalue weighted by Crippen LogP contribution is 2.23. The first kappa shape index (κ1) is 18.5. The number of para-hydroxylation sites is 1. The smallest absolute Gasteiger partial charge is 0.251 e. The Morgan fingerprint density at radius 1 is 0.926 bits per heavy atom. The third kappa shape index (κ3) is 4.86. The van der Waals surface area contributed by atoms with Crippen LogP contribution in [0, 0.1) is 0 Å². The van der Waals surface area contributed by atoms with Gasteiger partial charge in [0, 0.05) is 5.56 Å². The second-order valence-corrected chi connectivity index (χ2v) is 5.93. The number of benzene rings is 3. The number of aliphatic hydroxyl groups is 1. The molecule has 0 heterocycles. The minimum absolute atomic E-state index is 0.223. The molecule has 3 aromatic carbocycles. The molecule has 0 fully saturated rings. The molecule has 0 bridgehead atoms. The highest BCUT2D eigenvalue weighted by atomic mass is 16.5. The molecule has 3 rings (SSSR count). The fourth-order valence-electron chi connectivity index (χ4n) is 2.66. The summed E-state index contributed by atoms with van der Waals surface area (Å²) in [5.41, 5.74) is 1.21. The van der Waals surface area contributed by atoms with Crippen LogP contribution in [-0.4, -0.2) is 24.7 Å². The average molecular weight is 363 g/mol. The minimum atomic E-state index is -0.536. The van der Waals surface area contributed by atoms with E-state index in [2.05, 4.69) is 5.32 Å². The number of hydrogen-bond donors (Lipinski definition) is 2. The molecule has 5 nitrogen and oxygen atoms in total. The zero-order chi connectivity index (χ0) is 19.1. The number of carbonyl (C=O) groups is 1. The van der Waals surface area contributed by atoms with E-state index < -0.39 is 6.04 Å². The van der Waals surface area contributed by atoms with Crippen molar-refractivity contribution in [2.24, 2.45) is 0 Å². The van der Waals surface area contributed by atoms with Gasteiger partial charge < -0.3 is 19.9 Å². The molecule has 0 aliphatic carbocycles. The van der Waals surface area contributed by atoms with E-state index in [4.69, 9.17) is 9.47 Å². The lowest BCUT2D eigenvalue weighted by atomic mass is 10.1. The number of hydrogen-bond acceptors (Lipinski definition) is 4. The molecular weight excluding hydrogens is 342 g/mol. The number of nitrogens with one attached hydrogen (secondary N) is 1. The predicted octanol–water partition coefficient (Wildman–Crippen LogP) is 3.95. The topological polar surface area (TPSA) is 67.8 Å². The molecule has 5 heteroatoms. The fourth-order valence-corrected chi connectivity index (χ4v) is 2.66. The van der Waals surface area contributed by atoms with Crippen molar-refractivity contribution in [3.05, 3.63) is 90.0 Å². The standard InChI is InChI=1S/C22H21NO4/c1-26-19-11-5-7-16(13-19)21(15-24)23-22(25)17-8-6-12-20(14-17)27-18-9-3-2-4-10-18/h2-14,21,24H,15H2,1H3,(H,23,25)/t21-/m1/s1. The molecule has 0 radical (unpaired) electrons. The lowest BCUT2D eigenvalue weighted by Gasteiger charge is -2.18. The maximum atomic E-state index is 12.6. The second kappa shape index (κ2) is 8.87. The van der Waals surface area contributed by atoms with Crippen molar-refractivity contribution < 1.29 is 19.4 Å². The van der Waals surface area contributed by atoms with E-state index in [-0.39, 0.29) is 12.5 Å². The Bertz CT molecular complexity index is 896. The van der Waals surface area contributed by atoms with Gasteiger partial charge in [-0.05, 0) is 48.0 Å². The van der Waals surface area contributed by atoms with Crippen LogP contribution in [0.4, 0.5) is 0 Å². The Kier molecular flexibility index (Phi) is 6.07. The van der Waals surface area contributed by atoms with Crippen LogP contribution in [0.5, 0.6) is 17.2 Å². The van der Waals surface area contributed by atoms with Crippen molar-refractivity contribution in [3.8, 4) is 17.2 Å². The number of methoxy groups -OCH3 is 1. The van der Waals surface area contributed by atoms with E-state index in [1.807, 2.05) is 48.5 Å². The molecule has 1 amide bonds. The molecule has 27 heavy (non-hydrogen) atoms. The van der Waals surface area contributed by atoms with Gasteiger partial charge in [-0.1, -0.05) is 36.4 Å². The molecule has 3 aromatic rings. The minimum Gasteiger partial charge on any atom is -0.497 e. The highest BCUT2D eigenvalue weighted by molar-refractivity contribution is 5.94. The van der Waals surface area contributed by atoms with Crippen molar-refractivity contribution in [1.29, 1.82) is 0 Å². The van der Waals surface area contributed by atoms with Gasteiger partial charge in [0.25, 0.3) is 5.91 Å². The summed E-state index contributed by atoms with van der Waals surface area (Å²) < 4.78 is 11.0. The number of ether oxygens (including phenoxy) is 2. The van der Waals surface area contributed by atoms with E-state index in [1.165, 1.54) is 0 Å². The normalized spacial score (nSPS) is 11.5. The van der Waals surface area contributed by atoms with Crippen molar-refractivity contribution in [2.75, 3.05) is 13.7 Å². The van der Waals surface area contributed by atoms with Crippen molar-refractivity contribution in [2.45, 2.75) is 6.04 Å². The van der Waals surface area contributed by atoms with Crippen molar-refractivity contribution in [3.63, 3.8) is 0 Å². The molecule has 0 aliphatic heterocycles. The Morgan fingerprint density at radius 3 is 2.37 bits per heavy atom. The summed E-state index contributed by atoms with van der Waals surface area (Å²) in [4.78, 5) is 12.6. The van der Waals surface area contributed by atoms with Gasteiger partial charge in [0.05, 0.1) is 19.8 Å². The molecule has 0 aromatic heterocycles. The number of rotatable bonds is 7. The van der Waals surface area contributed by atoms with Gasteiger partial charge in [-0.2, -0.15) is 0 Å². The highest BCUT2D eigenvalue weighted by Gasteiger charge is 2.16. The lowest BCUT2D eigenvalue weighted by Crippen LogP contribution is -2.30. The van der Waals surface area contributed by atoms with Gasteiger partial charge in [-0.3, -0.25) is 4.79 Å². The Labute approximate surface area is 158 Å². The molecule has 0 spiro atoms. The Balaban J connectivity index is 1.73. The Hall–Kier alpha value is -3.31. The summed E-state index contributed by atoms with van der Waals surface area (Å²) in [6, 6.07) is 23.0. The van der Waals surface area contributed by atoms with E-state index in [1.54, 1.807) is 37.4 Å². The summed E-state index contributed by atoms with van der Waals surface area (Å²) in [5, 5.41) is 12.5. The lowest BCUT2D eigenvalue weighted by molar-refractivity contribution is 0.0916. The molecule has 0 saturated carbocycles. The molecule has 138 valence electrons. The molecule has 1 atom stereocenters. The zero-order valence-electron chi connectivity index (χ0n) is 15.0. The number of amides is 1. The van der Waals surface area contributed by atoms with Gasteiger partial charge in [0.1, 0.15) is 17.2 Å². The first-order valence-electron chi connectivity index (χ1n) is 8.58. The molecule has 2 N–H and O–H groups in total. The maximum absolute atomic E-state index is 12.6. The van der Waals surface area contributed by atoms with Crippen LogP contribution in [0.15, 0.2) is 78.9 Å². The summed E-state index contributed by atoms with van der Waals surface area (Å²) in [5.74, 6) is 1.63. The first-order chi connectivity index (χ1) is 13.2. The molecule has 0 aliphatic rings. The van der Waals surface area contributed by atoms with Crippen LogP contribution < -0.4 is 14.8 Å². The van der Waals surface area contributed by atoms with Crippen molar-refractivity contribution in [1.82, 2.24) is 5.32 Å². The van der Waals surface area contributed by atoms with Gasteiger partial charge in [0.2, 0.25) is 0 Å². The van der Waals surface area contributed by atoms with Crippen LogP contribution in [0.2, 0.25) is 0 Å². The molecular formula is C22H21NO4. The van der Waals surface area contributed by atoms with Gasteiger partial charge in [-0.15, -0.1) is 0 Å². The van der Waals surface area contributed by atoms with E-state index >= 15 is 0 Å². The van der Waals surface area contributed by atoms with E-state index in [9.17, 15) is 9.90 Å². The van der Waals surface area contributed by atoms with Crippen LogP contribution in [0.25, 0.3) is 0 Å². The van der Waals surface area contributed by atoms with E-state index in [0.717, 1.165) is 5.56 Å². The van der Waals surface area contributed by atoms with E-state index in [0.29, 0.717) is 22.8 Å². The average Bonchev–Trinajstić information content (AvgIpc) is 2.72. The molecule has 0 unspecified atom stereocenters. The number of aliphatic hydroxyl groups excluding tert-OH is 1. The summed E-state index contributed by atoms with van der Waals surface area (Å²) in [6.45, 7) is -0.223. The Morgan fingerprint density at radius 2 is 1.63 bits per heavy atom. The van der Waals surface area contributed by atoms with Crippen LogP contribution >= 0.6 is 0 Å². The second-order valence-electron chi connectivity index (χ2n) is 5.93. The van der Waals surface area contributed by atoms with Gasteiger partial charge in [0.15, 0.2) is 0 Å². The van der Waals surface area contributed by atoms with Crippen LogP contribution in [0.1, 0.15) is 22.0 Å². The third-order valence-corrected chi connectivity index (χ3v) is 4.06. The molecule has 0 saturated heterocycles.